The first-order valence-corrected chi connectivity index (χ1v) is 10.1. The average Bonchev–Trinajstić information content (AvgIpc) is 3.16. The fraction of sp³-hybridized carbons (Fsp3) is 0.238. The molecule has 8 heteroatoms. The van der Waals surface area contributed by atoms with E-state index in [1.807, 2.05) is 31.2 Å². The lowest BCUT2D eigenvalue weighted by Crippen LogP contribution is -2.13. The molecule has 0 atom stereocenters. The maximum Gasteiger partial charge on any atom is 0.257 e. The van der Waals surface area contributed by atoms with Crippen molar-refractivity contribution in [3.63, 3.8) is 0 Å². The zero-order chi connectivity index (χ0) is 20.6. The Kier molecular flexibility index (Phi) is 6.91. The molecular formula is C21H22N4O3S. The Labute approximate surface area is 173 Å². The lowest BCUT2D eigenvalue weighted by Gasteiger charge is -2.06. The molecule has 7 nitrogen and oxygen atoms in total. The highest BCUT2D eigenvalue weighted by Crippen LogP contribution is 2.24. The Morgan fingerprint density at radius 2 is 1.79 bits per heavy atom. The third-order valence-electron chi connectivity index (χ3n) is 4.13. The summed E-state index contributed by atoms with van der Waals surface area (Å²) in [5, 5.41) is 15.0. The van der Waals surface area contributed by atoms with E-state index in [1.165, 1.54) is 11.3 Å². The van der Waals surface area contributed by atoms with Gasteiger partial charge in [0, 0.05) is 29.7 Å². The molecule has 0 fully saturated rings. The number of carbonyl (C=O) groups is 2. The molecular weight excluding hydrogens is 388 g/mol. The summed E-state index contributed by atoms with van der Waals surface area (Å²) in [6.07, 6.45) is 1.83. The van der Waals surface area contributed by atoms with E-state index in [-0.39, 0.29) is 11.8 Å². The van der Waals surface area contributed by atoms with E-state index in [9.17, 15) is 9.59 Å². The van der Waals surface area contributed by atoms with E-state index in [4.69, 9.17) is 4.74 Å². The molecule has 3 aromatic rings. The highest BCUT2D eigenvalue weighted by molar-refractivity contribution is 7.15. The van der Waals surface area contributed by atoms with Crippen LogP contribution in [-0.4, -0.2) is 29.1 Å². The average molecular weight is 410 g/mol. The normalized spacial score (nSPS) is 10.4. The van der Waals surface area contributed by atoms with Crippen LogP contribution in [0.1, 0.15) is 40.7 Å². The molecule has 2 aromatic carbocycles. The molecule has 0 saturated heterocycles. The number of aromatic nitrogens is 2. The Hall–Kier alpha value is -3.26. The van der Waals surface area contributed by atoms with Crippen LogP contribution < -0.4 is 15.4 Å². The number of benzene rings is 2. The third-order valence-corrected chi connectivity index (χ3v) is 4.97. The van der Waals surface area contributed by atoms with Gasteiger partial charge in [0.25, 0.3) is 5.91 Å². The third kappa shape index (κ3) is 5.61. The predicted octanol–water partition coefficient (Wildman–Crippen LogP) is 4.13. The number of para-hydroxylation sites is 1. The number of hydrogen-bond donors (Lipinski definition) is 2. The van der Waals surface area contributed by atoms with Crippen LogP contribution in [0.3, 0.4) is 0 Å². The van der Waals surface area contributed by atoms with Crippen molar-refractivity contribution in [1.29, 1.82) is 0 Å². The fourth-order valence-electron chi connectivity index (χ4n) is 2.71. The maximum atomic E-state index is 12.4. The van der Waals surface area contributed by atoms with Crippen LogP contribution in [0.4, 0.5) is 10.8 Å². The van der Waals surface area contributed by atoms with Gasteiger partial charge in [-0.2, -0.15) is 0 Å². The number of hydrogen-bond acceptors (Lipinski definition) is 6. The SMILES string of the molecule is CCCC(=O)Nc1ccc(C(=O)Nc2nnc(Cc3ccccc3OC)s2)cc1. The van der Waals surface area contributed by atoms with Gasteiger partial charge in [-0.3, -0.25) is 14.9 Å². The van der Waals surface area contributed by atoms with Crippen LogP contribution in [0.5, 0.6) is 5.75 Å². The summed E-state index contributed by atoms with van der Waals surface area (Å²) in [6, 6.07) is 14.4. The Morgan fingerprint density at radius 1 is 1.03 bits per heavy atom. The maximum absolute atomic E-state index is 12.4. The second-order valence-corrected chi connectivity index (χ2v) is 7.38. The summed E-state index contributed by atoms with van der Waals surface area (Å²) in [6.45, 7) is 1.95. The van der Waals surface area contributed by atoms with Gasteiger partial charge < -0.3 is 10.1 Å². The van der Waals surface area contributed by atoms with Gasteiger partial charge in [0.05, 0.1) is 7.11 Å². The molecule has 0 unspecified atom stereocenters. The number of rotatable bonds is 8. The van der Waals surface area contributed by atoms with E-state index in [0.717, 1.165) is 22.7 Å². The predicted molar refractivity (Wildman–Crippen MR) is 114 cm³/mol. The van der Waals surface area contributed by atoms with Crippen molar-refractivity contribution in [2.24, 2.45) is 0 Å². The van der Waals surface area contributed by atoms with Crippen molar-refractivity contribution in [3.8, 4) is 5.75 Å². The van der Waals surface area contributed by atoms with Crippen LogP contribution in [0.15, 0.2) is 48.5 Å². The van der Waals surface area contributed by atoms with E-state index >= 15 is 0 Å². The number of carbonyl (C=O) groups excluding carboxylic acids is 2. The largest absolute Gasteiger partial charge is 0.496 e. The van der Waals surface area contributed by atoms with Gasteiger partial charge in [-0.1, -0.05) is 36.5 Å². The molecule has 1 aromatic heterocycles. The second kappa shape index (κ2) is 9.79. The molecule has 2 amide bonds. The van der Waals surface area contributed by atoms with E-state index in [0.29, 0.717) is 29.2 Å². The number of nitrogens with zero attached hydrogens (tertiary/aromatic N) is 2. The van der Waals surface area contributed by atoms with Crippen molar-refractivity contribution in [3.05, 3.63) is 64.7 Å². The Bertz CT molecular complexity index is 986. The summed E-state index contributed by atoms with van der Waals surface area (Å²) < 4.78 is 5.35. The molecule has 0 radical (unpaired) electrons. The monoisotopic (exact) mass is 410 g/mol. The van der Waals surface area contributed by atoms with Gasteiger partial charge in [-0.15, -0.1) is 10.2 Å². The first kappa shape index (κ1) is 20.5. The second-order valence-electron chi connectivity index (χ2n) is 6.32. The summed E-state index contributed by atoms with van der Waals surface area (Å²) in [7, 11) is 1.63. The number of ether oxygens (including phenoxy) is 1. The van der Waals surface area contributed by atoms with Crippen molar-refractivity contribution in [2.45, 2.75) is 26.2 Å². The first-order chi connectivity index (χ1) is 14.1. The summed E-state index contributed by atoms with van der Waals surface area (Å²) in [5.74, 6) is 0.469. The topological polar surface area (TPSA) is 93.2 Å². The Morgan fingerprint density at radius 3 is 2.52 bits per heavy atom. The molecule has 150 valence electrons. The lowest BCUT2D eigenvalue weighted by molar-refractivity contribution is -0.116. The molecule has 2 N–H and O–H groups in total. The molecule has 29 heavy (non-hydrogen) atoms. The lowest BCUT2D eigenvalue weighted by atomic mass is 10.1. The minimum Gasteiger partial charge on any atom is -0.496 e. The Balaban J connectivity index is 1.60. The molecule has 0 aliphatic rings. The summed E-state index contributed by atoms with van der Waals surface area (Å²) >= 11 is 1.32. The van der Waals surface area contributed by atoms with Crippen LogP contribution >= 0.6 is 11.3 Å². The highest BCUT2D eigenvalue weighted by atomic mass is 32.1. The molecule has 0 aliphatic carbocycles. The van der Waals surface area contributed by atoms with E-state index in [1.54, 1.807) is 31.4 Å². The van der Waals surface area contributed by atoms with Gasteiger partial charge in [0.1, 0.15) is 10.8 Å². The molecule has 0 bridgehead atoms. The minimum absolute atomic E-state index is 0.0406. The molecule has 3 rings (SSSR count). The molecule has 0 spiro atoms. The number of amides is 2. The molecule has 0 saturated carbocycles. The van der Waals surface area contributed by atoms with Crippen molar-refractivity contribution in [1.82, 2.24) is 10.2 Å². The van der Waals surface area contributed by atoms with E-state index < -0.39 is 0 Å². The standard InChI is InChI=1S/C21H22N4O3S/c1-3-6-18(26)22-16-11-9-14(10-12-16)20(27)23-21-25-24-19(29-21)13-15-7-4-5-8-17(15)28-2/h4-5,7-12H,3,6,13H2,1-2H3,(H,22,26)(H,23,25,27). The number of methoxy groups -OCH3 is 1. The zero-order valence-corrected chi connectivity index (χ0v) is 17.1. The number of anilines is 2. The molecule has 1 heterocycles. The van der Waals surface area contributed by atoms with Crippen LogP contribution in [0.25, 0.3) is 0 Å². The van der Waals surface area contributed by atoms with Gasteiger partial charge >= 0.3 is 0 Å². The first-order valence-electron chi connectivity index (χ1n) is 9.24. The number of nitrogens with one attached hydrogen (secondary N) is 2. The van der Waals surface area contributed by atoms with Gasteiger partial charge in [0.2, 0.25) is 11.0 Å². The zero-order valence-electron chi connectivity index (χ0n) is 16.3. The summed E-state index contributed by atoms with van der Waals surface area (Å²) in [5.41, 5.74) is 2.14. The van der Waals surface area contributed by atoms with Gasteiger partial charge in [-0.05, 0) is 36.8 Å². The minimum atomic E-state index is -0.281. The molecule has 0 aliphatic heterocycles. The smallest absolute Gasteiger partial charge is 0.257 e. The van der Waals surface area contributed by atoms with Gasteiger partial charge in [0.15, 0.2) is 0 Å². The van der Waals surface area contributed by atoms with E-state index in [2.05, 4.69) is 20.8 Å². The van der Waals surface area contributed by atoms with Gasteiger partial charge in [-0.25, -0.2) is 0 Å². The van der Waals surface area contributed by atoms with Crippen molar-refractivity contribution < 1.29 is 14.3 Å². The highest BCUT2D eigenvalue weighted by Gasteiger charge is 2.12. The van der Waals surface area contributed by atoms with Crippen LogP contribution in [0.2, 0.25) is 0 Å². The summed E-state index contributed by atoms with van der Waals surface area (Å²) in [4.78, 5) is 24.1. The van der Waals surface area contributed by atoms with Crippen molar-refractivity contribution >= 4 is 34.0 Å². The fourth-order valence-corrected chi connectivity index (χ4v) is 3.47. The quantitative estimate of drug-likeness (QED) is 0.582. The van der Waals surface area contributed by atoms with Crippen LogP contribution in [-0.2, 0) is 11.2 Å². The van der Waals surface area contributed by atoms with Crippen molar-refractivity contribution in [2.75, 3.05) is 17.7 Å². The van der Waals surface area contributed by atoms with Crippen LogP contribution in [0, 0.1) is 0 Å².